The second-order valence-electron chi connectivity index (χ2n) is 8.05. The molecule has 0 bridgehead atoms. The minimum absolute atomic E-state index is 0.0141. The van der Waals surface area contributed by atoms with Crippen molar-refractivity contribution in [3.8, 4) is 0 Å². The number of nitrogens with one attached hydrogen (secondary N) is 1. The van der Waals surface area contributed by atoms with Crippen LogP contribution in [0.25, 0.3) is 10.9 Å². The van der Waals surface area contributed by atoms with Crippen molar-refractivity contribution in [2.24, 2.45) is 13.0 Å². The molecule has 0 saturated carbocycles. The number of benzene rings is 1. The minimum Gasteiger partial charge on any atom is -0.478 e. The Morgan fingerprint density at radius 2 is 1.71 bits per heavy atom. The number of piperidine rings is 1. The van der Waals surface area contributed by atoms with Gasteiger partial charge in [0.15, 0.2) is 0 Å². The predicted octanol–water partition coefficient (Wildman–Crippen LogP) is 1.90. The van der Waals surface area contributed by atoms with Gasteiger partial charge in [-0.05, 0) is 37.9 Å². The molecule has 10 heteroatoms. The molecule has 1 amide bonds. The van der Waals surface area contributed by atoms with Crippen molar-refractivity contribution in [2.45, 2.75) is 19.8 Å². The van der Waals surface area contributed by atoms with Gasteiger partial charge in [0, 0.05) is 56.3 Å². The molecule has 0 unspecified atom stereocenters. The molecule has 3 rings (SSSR count). The van der Waals surface area contributed by atoms with Gasteiger partial charge < -0.3 is 29.7 Å². The second-order valence-corrected chi connectivity index (χ2v) is 8.05. The smallest absolute Gasteiger partial charge is 0.340 e. The first-order chi connectivity index (χ1) is 16.2. The summed E-state index contributed by atoms with van der Waals surface area (Å²) >= 11 is 0. The van der Waals surface area contributed by atoms with Crippen LogP contribution in [0.15, 0.2) is 42.6 Å². The number of hydrogen-bond donors (Lipinski definition) is 3. The van der Waals surface area contributed by atoms with E-state index in [-0.39, 0.29) is 11.9 Å². The van der Waals surface area contributed by atoms with Crippen molar-refractivity contribution in [3.05, 3.63) is 48.2 Å². The van der Waals surface area contributed by atoms with Crippen LogP contribution in [-0.4, -0.2) is 76.3 Å². The van der Waals surface area contributed by atoms with E-state index in [1.165, 1.54) is 6.92 Å². The molecule has 2 aromatic rings. The number of amides is 1. The zero-order chi connectivity index (χ0) is 25.1. The molecule has 1 aliphatic rings. The molecule has 1 aromatic heterocycles. The Hall–Kier alpha value is -3.66. The Morgan fingerprint density at radius 3 is 2.29 bits per heavy atom. The molecule has 1 fully saturated rings. The summed E-state index contributed by atoms with van der Waals surface area (Å²) in [6.45, 7) is 5.54. The highest BCUT2D eigenvalue weighted by atomic mass is 16.5. The number of nitrogens with zero attached hydrogens (tertiary/aromatic N) is 2. The molecule has 184 valence electrons. The van der Waals surface area contributed by atoms with Gasteiger partial charge in [0.05, 0.1) is 12.2 Å². The van der Waals surface area contributed by atoms with Gasteiger partial charge in [0.25, 0.3) is 0 Å². The van der Waals surface area contributed by atoms with E-state index in [0.717, 1.165) is 43.4 Å². The van der Waals surface area contributed by atoms with Crippen molar-refractivity contribution >= 4 is 34.7 Å². The number of esters is 1. The lowest BCUT2D eigenvalue weighted by molar-refractivity contribution is -0.134. The topological polar surface area (TPSA) is 138 Å². The maximum absolute atomic E-state index is 12.5. The molecule has 0 spiro atoms. The molecule has 1 aromatic carbocycles. The van der Waals surface area contributed by atoms with Crippen LogP contribution in [-0.2, 0) is 26.2 Å². The van der Waals surface area contributed by atoms with E-state index < -0.39 is 11.9 Å². The van der Waals surface area contributed by atoms with E-state index in [0.29, 0.717) is 36.8 Å². The number of carboxylic acids is 2. The van der Waals surface area contributed by atoms with E-state index in [1.54, 1.807) is 0 Å². The highest BCUT2D eigenvalue weighted by Gasteiger charge is 2.22. The van der Waals surface area contributed by atoms with Crippen molar-refractivity contribution in [2.75, 3.05) is 32.8 Å². The largest absolute Gasteiger partial charge is 0.478 e. The van der Waals surface area contributed by atoms with Crippen LogP contribution in [0.1, 0.15) is 30.1 Å². The van der Waals surface area contributed by atoms with Gasteiger partial charge in [0.2, 0.25) is 5.91 Å². The number of carboxylic acid groups (broad SMARTS) is 2. The Balaban J connectivity index is 0.000000440. The van der Waals surface area contributed by atoms with E-state index in [1.807, 2.05) is 42.1 Å². The van der Waals surface area contributed by atoms with E-state index in [4.69, 9.17) is 14.9 Å². The lowest BCUT2D eigenvalue weighted by Gasteiger charge is -2.31. The standard InChI is InChI=1S/C20H27N3O3.C4H4O4/c1-15(24)21-9-12-23-10-7-16(8-11-23)14-26-20(25)18-13-22(2)19-6-4-3-5-17(18)19;5-3(6)1-2-4(7)8/h3-6,13,16H,7-12,14H2,1-2H3,(H,21,24);1-2H,(H,5,6)(H,7,8)/b;2-1-. The number of aliphatic carboxylic acids is 2. The molecule has 1 aliphatic heterocycles. The molecule has 3 N–H and O–H groups in total. The van der Waals surface area contributed by atoms with Gasteiger partial charge in [-0.3, -0.25) is 4.79 Å². The first kappa shape index (κ1) is 26.6. The molecular formula is C24H31N3O7. The maximum Gasteiger partial charge on any atom is 0.340 e. The minimum atomic E-state index is -1.26. The number of rotatable bonds is 8. The van der Waals surface area contributed by atoms with Crippen molar-refractivity contribution in [1.29, 1.82) is 0 Å². The Kier molecular flexibility index (Phi) is 10.3. The van der Waals surface area contributed by atoms with Crippen molar-refractivity contribution in [1.82, 2.24) is 14.8 Å². The number of hydrogen-bond acceptors (Lipinski definition) is 6. The van der Waals surface area contributed by atoms with Gasteiger partial charge in [0.1, 0.15) is 0 Å². The van der Waals surface area contributed by atoms with Crippen molar-refractivity contribution < 1.29 is 34.1 Å². The Morgan fingerprint density at radius 1 is 1.09 bits per heavy atom. The number of aromatic nitrogens is 1. The van der Waals surface area contributed by atoms with Gasteiger partial charge in [-0.1, -0.05) is 18.2 Å². The SMILES string of the molecule is CC(=O)NCCN1CCC(COC(=O)c2cn(C)c3ccccc23)CC1.O=C(O)/C=C\C(=O)O. The Labute approximate surface area is 197 Å². The number of carbonyl (C=O) groups is 4. The van der Waals surface area contributed by atoms with E-state index >= 15 is 0 Å². The fourth-order valence-corrected chi connectivity index (χ4v) is 3.68. The summed E-state index contributed by atoms with van der Waals surface area (Å²) < 4.78 is 7.57. The van der Waals surface area contributed by atoms with Gasteiger partial charge >= 0.3 is 17.9 Å². The third-order valence-electron chi connectivity index (χ3n) is 5.44. The number of likely N-dealkylation sites (tertiary alicyclic amines) is 1. The lowest BCUT2D eigenvalue weighted by atomic mass is 9.98. The third-order valence-corrected chi connectivity index (χ3v) is 5.44. The molecule has 1 saturated heterocycles. The highest BCUT2D eigenvalue weighted by molar-refractivity contribution is 6.04. The number of carbonyl (C=O) groups excluding carboxylic acids is 2. The molecule has 34 heavy (non-hydrogen) atoms. The quantitative estimate of drug-likeness (QED) is 0.390. The molecule has 0 radical (unpaired) electrons. The molecular weight excluding hydrogens is 442 g/mol. The average Bonchev–Trinajstić information content (AvgIpc) is 3.14. The fraction of sp³-hybridized carbons (Fsp3) is 0.417. The number of aryl methyl sites for hydroxylation is 1. The summed E-state index contributed by atoms with van der Waals surface area (Å²) in [4.78, 5) is 44.9. The third kappa shape index (κ3) is 8.70. The van der Waals surface area contributed by atoms with Gasteiger partial charge in [-0.15, -0.1) is 0 Å². The van der Waals surface area contributed by atoms with Crippen LogP contribution in [0.4, 0.5) is 0 Å². The Bertz CT molecular complexity index is 1020. The van der Waals surface area contributed by atoms with Crippen LogP contribution >= 0.6 is 0 Å². The zero-order valence-electron chi connectivity index (χ0n) is 19.4. The van der Waals surface area contributed by atoms with Crippen molar-refractivity contribution in [3.63, 3.8) is 0 Å². The summed E-state index contributed by atoms with van der Waals surface area (Å²) in [5.41, 5.74) is 1.67. The predicted molar refractivity (Wildman–Crippen MR) is 125 cm³/mol. The molecule has 2 heterocycles. The van der Waals surface area contributed by atoms with Gasteiger partial charge in [-0.2, -0.15) is 0 Å². The zero-order valence-corrected chi connectivity index (χ0v) is 19.4. The maximum atomic E-state index is 12.5. The lowest BCUT2D eigenvalue weighted by Crippen LogP contribution is -2.40. The number of fused-ring (bicyclic) bond motifs is 1. The summed E-state index contributed by atoms with van der Waals surface area (Å²) in [6, 6.07) is 7.87. The van der Waals surface area contributed by atoms with Crippen LogP contribution in [0.3, 0.4) is 0 Å². The summed E-state index contributed by atoms with van der Waals surface area (Å²) in [6.07, 6.45) is 4.99. The van der Waals surface area contributed by atoms with Crippen LogP contribution in [0.2, 0.25) is 0 Å². The second kappa shape index (κ2) is 13.1. The molecule has 0 atom stereocenters. The first-order valence-corrected chi connectivity index (χ1v) is 11.0. The monoisotopic (exact) mass is 473 g/mol. The van der Waals surface area contributed by atoms with Crippen LogP contribution in [0, 0.1) is 5.92 Å². The number of para-hydroxylation sites is 1. The van der Waals surface area contributed by atoms with Crippen LogP contribution in [0.5, 0.6) is 0 Å². The molecule has 0 aliphatic carbocycles. The summed E-state index contributed by atoms with van der Waals surface area (Å²) in [5, 5.41) is 19.4. The average molecular weight is 474 g/mol. The number of ether oxygens (including phenoxy) is 1. The summed E-state index contributed by atoms with van der Waals surface area (Å²) in [5.74, 6) is -2.33. The first-order valence-electron chi connectivity index (χ1n) is 11.0. The van der Waals surface area contributed by atoms with Crippen LogP contribution < -0.4 is 5.32 Å². The van der Waals surface area contributed by atoms with E-state index in [9.17, 15) is 19.2 Å². The normalized spacial score (nSPS) is 14.4. The van der Waals surface area contributed by atoms with E-state index in [2.05, 4.69) is 10.2 Å². The molecule has 10 nitrogen and oxygen atoms in total. The highest BCUT2D eigenvalue weighted by Crippen LogP contribution is 2.22. The fourth-order valence-electron chi connectivity index (χ4n) is 3.68. The summed E-state index contributed by atoms with van der Waals surface area (Å²) in [7, 11) is 1.94. The van der Waals surface area contributed by atoms with Gasteiger partial charge in [-0.25, -0.2) is 14.4 Å².